The van der Waals surface area contributed by atoms with Crippen molar-refractivity contribution in [1.82, 2.24) is 5.32 Å². The monoisotopic (exact) mass is 307 g/mol. The molecule has 2 N–H and O–H groups in total. The lowest BCUT2D eigenvalue weighted by molar-refractivity contribution is -0.117. The number of fused-ring (bicyclic) bond motifs is 1. The second kappa shape index (κ2) is 5.50. The summed E-state index contributed by atoms with van der Waals surface area (Å²) in [7, 11) is 1.79. The highest BCUT2D eigenvalue weighted by molar-refractivity contribution is 6.33. The zero-order chi connectivity index (χ0) is 15.1. The van der Waals surface area contributed by atoms with Crippen molar-refractivity contribution >= 4 is 28.9 Å². The zero-order valence-electron chi connectivity index (χ0n) is 12.7. The highest BCUT2D eigenvalue weighted by Gasteiger charge is 2.32. The Kier molecular flexibility index (Phi) is 3.84. The van der Waals surface area contributed by atoms with Gasteiger partial charge in [-0.25, -0.2) is 0 Å². The zero-order valence-corrected chi connectivity index (χ0v) is 13.5. The summed E-state index contributed by atoms with van der Waals surface area (Å²) in [5.41, 5.74) is 2.85. The van der Waals surface area contributed by atoms with Crippen LogP contribution < -0.4 is 15.5 Å². The second-order valence-corrected chi connectivity index (χ2v) is 6.56. The van der Waals surface area contributed by atoms with Gasteiger partial charge in [0.1, 0.15) is 6.04 Å². The van der Waals surface area contributed by atoms with E-state index in [4.69, 9.17) is 11.6 Å². The number of anilines is 2. The molecule has 1 amide bonds. The molecule has 114 valence electrons. The van der Waals surface area contributed by atoms with Gasteiger partial charge >= 0.3 is 0 Å². The molecule has 0 spiro atoms. The summed E-state index contributed by atoms with van der Waals surface area (Å²) in [6.07, 6.45) is 2.45. The summed E-state index contributed by atoms with van der Waals surface area (Å²) >= 11 is 6.52. The van der Waals surface area contributed by atoms with Crippen LogP contribution in [0.1, 0.15) is 38.3 Å². The lowest BCUT2D eigenvalue weighted by Gasteiger charge is -2.40. The van der Waals surface area contributed by atoms with Crippen molar-refractivity contribution in [3.63, 3.8) is 0 Å². The minimum atomic E-state index is -0.302. The molecule has 0 aromatic heterocycles. The molecule has 0 saturated carbocycles. The molecule has 2 heterocycles. The van der Waals surface area contributed by atoms with Crippen LogP contribution >= 0.6 is 11.6 Å². The Bertz CT molecular complexity index is 575. The number of nitrogens with one attached hydrogen (secondary N) is 2. The van der Waals surface area contributed by atoms with Crippen LogP contribution in [0.15, 0.2) is 12.1 Å². The molecule has 2 aliphatic rings. The molecular formula is C16H22ClN3O. The lowest BCUT2D eigenvalue weighted by Crippen LogP contribution is -2.42. The summed E-state index contributed by atoms with van der Waals surface area (Å²) < 4.78 is 0. The highest BCUT2D eigenvalue weighted by Crippen LogP contribution is 2.41. The normalized spacial score (nSPS) is 28.5. The van der Waals surface area contributed by atoms with E-state index in [0.717, 1.165) is 28.5 Å². The third-order valence-corrected chi connectivity index (χ3v) is 5.22. The van der Waals surface area contributed by atoms with Crippen molar-refractivity contribution in [3.8, 4) is 0 Å². The van der Waals surface area contributed by atoms with Crippen LogP contribution in [-0.4, -0.2) is 25.5 Å². The second-order valence-electron chi connectivity index (χ2n) is 6.16. The minimum Gasteiger partial charge on any atom is -0.367 e. The van der Waals surface area contributed by atoms with Gasteiger partial charge < -0.3 is 15.5 Å². The maximum absolute atomic E-state index is 11.9. The number of rotatable bonds is 2. The van der Waals surface area contributed by atoms with Gasteiger partial charge in [0.2, 0.25) is 5.91 Å². The van der Waals surface area contributed by atoms with Crippen LogP contribution in [0.3, 0.4) is 0 Å². The third-order valence-electron chi connectivity index (χ3n) is 4.92. The lowest BCUT2D eigenvalue weighted by atomic mass is 9.91. The van der Waals surface area contributed by atoms with Gasteiger partial charge in [-0.15, -0.1) is 0 Å². The molecule has 21 heavy (non-hydrogen) atoms. The number of piperidine rings is 1. The van der Waals surface area contributed by atoms with Crippen LogP contribution in [0.2, 0.25) is 5.02 Å². The minimum absolute atomic E-state index is 0.0132. The molecule has 1 fully saturated rings. The summed E-state index contributed by atoms with van der Waals surface area (Å²) in [4.78, 5) is 14.3. The molecule has 3 unspecified atom stereocenters. The van der Waals surface area contributed by atoms with Crippen molar-refractivity contribution in [2.75, 3.05) is 23.8 Å². The Labute approximate surface area is 130 Å². The van der Waals surface area contributed by atoms with Gasteiger partial charge in [0.05, 0.1) is 10.7 Å². The van der Waals surface area contributed by atoms with Crippen LogP contribution in [0.5, 0.6) is 0 Å². The number of hydrogen-bond acceptors (Lipinski definition) is 3. The van der Waals surface area contributed by atoms with Gasteiger partial charge in [0, 0.05) is 23.8 Å². The molecule has 5 heteroatoms. The Morgan fingerprint density at radius 2 is 2.14 bits per heavy atom. The van der Waals surface area contributed by atoms with Crippen molar-refractivity contribution in [3.05, 3.63) is 22.7 Å². The summed E-state index contributed by atoms with van der Waals surface area (Å²) in [5.74, 6) is 0.642. The number of carbonyl (C=O) groups excluding carboxylic acids is 1. The highest BCUT2D eigenvalue weighted by atomic mass is 35.5. The molecule has 0 radical (unpaired) electrons. The molecular weight excluding hydrogens is 286 g/mol. The van der Waals surface area contributed by atoms with Gasteiger partial charge in [-0.3, -0.25) is 4.79 Å². The number of carbonyl (C=O) groups is 1. The molecule has 0 bridgehead atoms. The quantitative estimate of drug-likeness (QED) is 0.882. The Morgan fingerprint density at radius 1 is 1.38 bits per heavy atom. The average molecular weight is 308 g/mol. The van der Waals surface area contributed by atoms with Gasteiger partial charge in [-0.1, -0.05) is 18.5 Å². The fourth-order valence-corrected chi connectivity index (χ4v) is 3.73. The summed E-state index contributed by atoms with van der Waals surface area (Å²) in [6.45, 7) is 5.56. The van der Waals surface area contributed by atoms with Crippen LogP contribution in [0.25, 0.3) is 0 Å². The van der Waals surface area contributed by atoms with E-state index in [9.17, 15) is 4.79 Å². The predicted octanol–water partition coefficient (Wildman–Crippen LogP) is 3.18. The van der Waals surface area contributed by atoms with E-state index >= 15 is 0 Å². The average Bonchev–Trinajstić information content (AvgIpc) is 2.75. The number of hydrogen-bond donors (Lipinski definition) is 2. The standard InChI is InChI=1S/C16H22ClN3O/c1-9-5-4-6-20(10(9)2)14-8-13-11(7-12(14)17)15(18-3)16(21)19-13/h7-10,15,18H,4-6H2,1-3H3,(H,19,21). The van der Waals surface area contributed by atoms with Crippen molar-refractivity contribution < 1.29 is 4.79 Å². The smallest absolute Gasteiger partial charge is 0.246 e. The van der Waals surface area contributed by atoms with Gasteiger partial charge in [0.25, 0.3) is 0 Å². The van der Waals surface area contributed by atoms with E-state index in [0.29, 0.717) is 12.0 Å². The number of amides is 1. The number of benzene rings is 1. The van der Waals surface area contributed by atoms with Gasteiger partial charge in [0.15, 0.2) is 0 Å². The third kappa shape index (κ3) is 2.40. The van der Waals surface area contributed by atoms with E-state index in [1.807, 2.05) is 12.1 Å². The van der Waals surface area contributed by atoms with Crippen LogP contribution in [0.4, 0.5) is 11.4 Å². The Morgan fingerprint density at radius 3 is 2.86 bits per heavy atom. The van der Waals surface area contributed by atoms with E-state index in [1.54, 1.807) is 7.05 Å². The SMILES string of the molecule is CNC1C(=O)Nc2cc(N3CCCC(C)C3C)c(Cl)cc21. The number of halogens is 1. The molecule has 3 atom stereocenters. The summed E-state index contributed by atoms with van der Waals surface area (Å²) in [6, 6.07) is 4.12. The van der Waals surface area contributed by atoms with Crippen molar-refractivity contribution in [1.29, 1.82) is 0 Å². The first-order valence-corrected chi connectivity index (χ1v) is 7.99. The largest absolute Gasteiger partial charge is 0.367 e. The van der Waals surface area contributed by atoms with Gasteiger partial charge in [-0.2, -0.15) is 0 Å². The molecule has 1 aromatic rings. The number of nitrogens with zero attached hydrogens (tertiary/aromatic N) is 1. The maximum atomic E-state index is 11.9. The molecule has 1 saturated heterocycles. The van der Waals surface area contributed by atoms with Crippen LogP contribution in [-0.2, 0) is 4.79 Å². The first-order chi connectivity index (χ1) is 10.0. The first-order valence-electron chi connectivity index (χ1n) is 7.61. The van der Waals surface area contributed by atoms with E-state index in [-0.39, 0.29) is 11.9 Å². The predicted molar refractivity (Wildman–Crippen MR) is 87.1 cm³/mol. The van der Waals surface area contributed by atoms with Crippen molar-refractivity contribution in [2.45, 2.75) is 38.8 Å². The fourth-order valence-electron chi connectivity index (χ4n) is 3.45. The fraction of sp³-hybridized carbons (Fsp3) is 0.562. The maximum Gasteiger partial charge on any atom is 0.246 e. The topological polar surface area (TPSA) is 44.4 Å². The van der Waals surface area contributed by atoms with Gasteiger partial charge in [-0.05, 0) is 44.9 Å². The molecule has 0 aliphatic carbocycles. The molecule has 3 rings (SSSR count). The molecule has 1 aromatic carbocycles. The first kappa shape index (κ1) is 14.7. The van der Waals surface area contributed by atoms with Crippen LogP contribution in [0, 0.1) is 5.92 Å². The Balaban J connectivity index is 1.99. The van der Waals surface area contributed by atoms with E-state index in [1.165, 1.54) is 12.8 Å². The summed E-state index contributed by atoms with van der Waals surface area (Å²) in [5, 5.41) is 6.70. The Hall–Kier alpha value is -1.26. The van der Waals surface area contributed by atoms with Crippen molar-refractivity contribution in [2.24, 2.45) is 5.92 Å². The molecule has 2 aliphatic heterocycles. The number of likely N-dealkylation sites (N-methyl/N-ethyl adjacent to an activating group) is 1. The van der Waals surface area contributed by atoms with E-state index in [2.05, 4.69) is 29.4 Å². The molecule has 4 nitrogen and oxygen atoms in total. The van der Waals surface area contributed by atoms with E-state index < -0.39 is 0 Å².